The zero-order valence-electron chi connectivity index (χ0n) is 21.9. The molecule has 6 heteroatoms. The Kier molecular flexibility index (Phi) is 12.9. The summed E-state index contributed by atoms with van der Waals surface area (Å²) in [7, 11) is 0. The van der Waals surface area contributed by atoms with Gasteiger partial charge in [-0.1, -0.05) is 95.6 Å². The second kappa shape index (κ2) is 15.3. The smallest absolute Gasteiger partial charge is 0.410 e. The summed E-state index contributed by atoms with van der Waals surface area (Å²) in [5.74, 6) is 1.32. The van der Waals surface area contributed by atoms with E-state index >= 15 is 0 Å². The van der Waals surface area contributed by atoms with Crippen molar-refractivity contribution in [3.05, 3.63) is 11.7 Å². The van der Waals surface area contributed by atoms with Gasteiger partial charge in [-0.05, 0) is 40.0 Å². The summed E-state index contributed by atoms with van der Waals surface area (Å²) in [5, 5.41) is 4.16. The fourth-order valence-electron chi connectivity index (χ4n) is 4.54. The molecule has 0 saturated carbocycles. The van der Waals surface area contributed by atoms with Gasteiger partial charge in [-0.15, -0.1) is 0 Å². The van der Waals surface area contributed by atoms with E-state index in [1.54, 1.807) is 4.90 Å². The predicted octanol–water partition coefficient (Wildman–Crippen LogP) is 8.17. The lowest BCUT2D eigenvalue weighted by Crippen LogP contribution is -2.36. The molecule has 2 heterocycles. The van der Waals surface area contributed by atoms with Crippen molar-refractivity contribution in [2.75, 3.05) is 6.54 Å². The van der Waals surface area contributed by atoms with Crippen molar-refractivity contribution in [3.8, 4) is 0 Å². The molecular formula is C27H49N3O3. The van der Waals surface area contributed by atoms with Crippen molar-refractivity contribution in [1.82, 2.24) is 15.0 Å². The van der Waals surface area contributed by atoms with Crippen molar-refractivity contribution < 1.29 is 14.1 Å². The van der Waals surface area contributed by atoms with Crippen LogP contribution < -0.4 is 0 Å². The lowest BCUT2D eigenvalue weighted by atomic mass is 10.0. The zero-order chi connectivity index (χ0) is 23.9. The fourth-order valence-corrected chi connectivity index (χ4v) is 4.54. The molecule has 190 valence electrons. The lowest BCUT2D eigenvalue weighted by Gasteiger charge is -2.26. The molecule has 0 aromatic carbocycles. The standard InChI is InChI=1S/C27H49N3O3/c1-5-6-7-8-9-10-11-12-13-14-15-16-17-18-21-24-28-25(33-29-24)23-20-19-22-30(23)26(31)32-27(2,3)4/h23H,5-22H2,1-4H3. The molecule has 1 aliphatic rings. The molecule has 1 saturated heterocycles. The van der Waals surface area contributed by atoms with Gasteiger partial charge in [0.25, 0.3) is 0 Å². The van der Waals surface area contributed by atoms with Gasteiger partial charge in [-0.25, -0.2) is 4.79 Å². The van der Waals surface area contributed by atoms with Crippen LogP contribution in [0.5, 0.6) is 0 Å². The van der Waals surface area contributed by atoms with E-state index in [9.17, 15) is 4.79 Å². The van der Waals surface area contributed by atoms with E-state index in [1.165, 1.54) is 83.5 Å². The molecule has 0 N–H and O–H groups in total. The number of amides is 1. The van der Waals surface area contributed by atoms with E-state index in [0.29, 0.717) is 12.4 Å². The number of likely N-dealkylation sites (tertiary alicyclic amines) is 1. The summed E-state index contributed by atoms with van der Waals surface area (Å²) >= 11 is 0. The van der Waals surface area contributed by atoms with Crippen LogP contribution in [0.3, 0.4) is 0 Å². The molecule has 0 aliphatic carbocycles. The minimum Gasteiger partial charge on any atom is -0.444 e. The molecule has 0 bridgehead atoms. The monoisotopic (exact) mass is 463 g/mol. The Bertz CT molecular complexity index is 653. The minimum atomic E-state index is -0.502. The van der Waals surface area contributed by atoms with E-state index in [-0.39, 0.29) is 12.1 Å². The maximum atomic E-state index is 12.5. The maximum Gasteiger partial charge on any atom is 0.410 e. The molecule has 0 spiro atoms. The average Bonchev–Trinajstić information content (AvgIpc) is 3.42. The van der Waals surface area contributed by atoms with Crippen molar-refractivity contribution in [1.29, 1.82) is 0 Å². The van der Waals surface area contributed by atoms with Crippen LogP contribution in [-0.4, -0.2) is 33.3 Å². The quantitative estimate of drug-likeness (QED) is 0.231. The van der Waals surface area contributed by atoms with Gasteiger partial charge in [-0.2, -0.15) is 4.98 Å². The molecule has 1 aromatic heterocycles. The molecule has 1 fully saturated rings. The van der Waals surface area contributed by atoms with Gasteiger partial charge in [0, 0.05) is 13.0 Å². The first-order valence-corrected chi connectivity index (χ1v) is 13.7. The number of aromatic nitrogens is 2. The van der Waals surface area contributed by atoms with Crippen LogP contribution in [0.1, 0.15) is 148 Å². The summed E-state index contributed by atoms with van der Waals surface area (Å²) in [4.78, 5) is 18.8. The van der Waals surface area contributed by atoms with Gasteiger partial charge in [0.1, 0.15) is 11.6 Å². The number of carbonyl (C=O) groups is 1. The summed E-state index contributed by atoms with van der Waals surface area (Å²) in [6, 6.07) is -0.155. The molecule has 6 nitrogen and oxygen atoms in total. The Morgan fingerprint density at radius 2 is 1.48 bits per heavy atom. The highest BCUT2D eigenvalue weighted by Crippen LogP contribution is 2.32. The third-order valence-corrected chi connectivity index (χ3v) is 6.40. The number of rotatable bonds is 16. The lowest BCUT2D eigenvalue weighted by molar-refractivity contribution is 0.0199. The number of unbranched alkanes of at least 4 members (excludes halogenated alkanes) is 13. The van der Waals surface area contributed by atoms with Crippen LogP contribution in [0.25, 0.3) is 0 Å². The van der Waals surface area contributed by atoms with Crippen LogP contribution in [0.4, 0.5) is 4.79 Å². The molecule has 0 radical (unpaired) electrons. The predicted molar refractivity (Wildman–Crippen MR) is 133 cm³/mol. The SMILES string of the molecule is CCCCCCCCCCCCCCCCc1noc(C2CCCN2C(=O)OC(C)(C)C)n1. The third kappa shape index (κ3) is 11.4. The number of ether oxygens (including phenoxy) is 1. The molecule has 33 heavy (non-hydrogen) atoms. The molecule has 1 aromatic rings. The van der Waals surface area contributed by atoms with Crippen molar-refractivity contribution in [3.63, 3.8) is 0 Å². The van der Waals surface area contributed by atoms with Crippen LogP contribution in [-0.2, 0) is 11.2 Å². The maximum absolute atomic E-state index is 12.5. The van der Waals surface area contributed by atoms with Gasteiger partial charge in [0.2, 0.25) is 5.89 Å². The van der Waals surface area contributed by atoms with Gasteiger partial charge in [0.15, 0.2) is 5.82 Å². The van der Waals surface area contributed by atoms with Crippen LogP contribution in [0.2, 0.25) is 0 Å². The Labute approximate surface area is 202 Å². The topological polar surface area (TPSA) is 68.5 Å². The summed E-state index contributed by atoms with van der Waals surface area (Å²) in [6.07, 6.45) is 21.3. The van der Waals surface area contributed by atoms with Gasteiger partial charge >= 0.3 is 6.09 Å². The van der Waals surface area contributed by atoms with Crippen molar-refractivity contribution in [2.24, 2.45) is 0 Å². The van der Waals surface area contributed by atoms with E-state index in [2.05, 4.69) is 17.1 Å². The average molecular weight is 464 g/mol. The molecule has 1 unspecified atom stereocenters. The Hall–Kier alpha value is -1.59. The summed E-state index contributed by atoms with van der Waals surface area (Å²) in [5.41, 5.74) is -0.502. The normalized spacial score (nSPS) is 16.5. The highest BCUT2D eigenvalue weighted by molar-refractivity contribution is 5.69. The Morgan fingerprint density at radius 1 is 0.939 bits per heavy atom. The van der Waals surface area contributed by atoms with Crippen LogP contribution in [0.15, 0.2) is 4.52 Å². The molecule has 2 rings (SSSR count). The first kappa shape index (κ1) is 27.7. The number of nitrogens with zero attached hydrogens (tertiary/aromatic N) is 3. The summed E-state index contributed by atoms with van der Waals surface area (Å²) in [6.45, 7) is 8.61. The van der Waals surface area contributed by atoms with Crippen LogP contribution in [0, 0.1) is 0 Å². The first-order chi connectivity index (χ1) is 15.9. The highest BCUT2D eigenvalue weighted by Gasteiger charge is 2.36. The highest BCUT2D eigenvalue weighted by atomic mass is 16.6. The Balaban J connectivity index is 1.53. The number of aryl methyl sites for hydroxylation is 1. The van der Waals surface area contributed by atoms with Gasteiger partial charge in [-0.3, -0.25) is 4.90 Å². The third-order valence-electron chi connectivity index (χ3n) is 6.40. The van der Waals surface area contributed by atoms with E-state index < -0.39 is 5.60 Å². The largest absolute Gasteiger partial charge is 0.444 e. The Morgan fingerprint density at radius 3 is 2.03 bits per heavy atom. The van der Waals surface area contributed by atoms with E-state index in [1.807, 2.05) is 20.8 Å². The second-order valence-corrected chi connectivity index (χ2v) is 10.7. The zero-order valence-corrected chi connectivity index (χ0v) is 21.9. The number of carbonyl (C=O) groups excluding carboxylic acids is 1. The van der Waals surface area contributed by atoms with E-state index in [4.69, 9.17) is 9.26 Å². The summed E-state index contributed by atoms with van der Waals surface area (Å²) < 4.78 is 11.1. The second-order valence-electron chi connectivity index (χ2n) is 10.7. The van der Waals surface area contributed by atoms with Crippen LogP contribution >= 0.6 is 0 Å². The van der Waals surface area contributed by atoms with Crippen molar-refractivity contribution in [2.45, 2.75) is 148 Å². The molecule has 1 aliphatic heterocycles. The van der Waals surface area contributed by atoms with Crippen molar-refractivity contribution >= 4 is 6.09 Å². The van der Waals surface area contributed by atoms with E-state index in [0.717, 1.165) is 31.5 Å². The molecular weight excluding hydrogens is 414 g/mol. The molecule has 1 atom stereocenters. The number of hydrogen-bond donors (Lipinski definition) is 0. The van der Waals surface area contributed by atoms with Gasteiger partial charge in [0.05, 0.1) is 0 Å². The van der Waals surface area contributed by atoms with Gasteiger partial charge < -0.3 is 9.26 Å². The first-order valence-electron chi connectivity index (χ1n) is 13.7. The fraction of sp³-hybridized carbons (Fsp3) is 0.889. The number of hydrogen-bond acceptors (Lipinski definition) is 5. The molecule has 1 amide bonds. The minimum absolute atomic E-state index is 0.155.